The molecule has 2 aromatic carbocycles. The van der Waals surface area contributed by atoms with Gasteiger partial charge >= 0.3 is 0 Å². The standard InChI is InChI=1S/C20H11N3O2.C7H5N.C6H3Br2NO2.C6H8O.CH4/c24-23(25)20-15-18(2-1-16-7-11-21-12-8-16)4-6-19(20)5-3-17-9-13-22-14-10-17;1-2-7-3-5-8-6-4-7;7-4-1-2-5(8)6(3-4)9(10)11;1-3-5-6(7)4-2;/h4,6-15H;1,3-6H;1-3H;3-5H,2H2,1H3;1H4. The molecular weight excluding hydrogens is 790 g/mol. The van der Waals surface area contributed by atoms with Gasteiger partial charge in [-0.15, -0.1) is 6.42 Å². The van der Waals surface area contributed by atoms with Gasteiger partial charge in [0, 0.05) is 76.0 Å². The minimum Gasteiger partial charge on any atom is -0.290 e. The first-order valence-corrected chi connectivity index (χ1v) is 16.0. The summed E-state index contributed by atoms with van der Waals surface area (Å²) < 4.78 is 1.19. The number of allylic oxidation sites excluding steroid dienone is 3. The van der Waals surface area contributed by atoms with E-state index in [2.05, 4.69) is 83.0 Å². The molecule has 0 amide bonds. The Hall–Kier alpha value is -6.52. The van der Waals surface area contributed by atoms with Crippen molar-refractivity contribution in [2.75, 3.05) is 0 Å². The maximum absolute atomic E-state index is 11.3. The van der Waals surface area contributed by atoms with E-state index < -0.39 is 9.85 Å². The van der Waals surface area contributed by atoms with Crippen molar-refractivity contribution in [1.82, 2.24) is 15.0 Å². The van der Waals surface area contributed by atoms with Crippen LogP contribution in [-0.4, -0.2) is 30.6 Å². The highest BCUT2D eigenvalue weighted by Gasteiger charge is 2.12. The molecule has 0 bridgehead atoms. The molecule has 0 radical (unpaired) electrons. The van der Waals surface area contributed by atoms with Gasteiger partial charge in [0.05, 0.1) is 14.3 Å². The van der Waals surface area contributed by atoms with Crippen LogP contribution in [0.5, 0.6) is 0 Å². The summed E-state index contributed by atoms with van der Waals surface area (Å²) in [5.74, 6) is 14.0. The van der Waals surface area contributed by atoms with E-state index in [-0.39, 0.29) is 24.6 Å². The number of carbonyl (C=O) groups is 1. The molecule has 5 rings (SSSR count). The summed E-state index contributed by atoms with van der Waals surface area (Å²) in [6.45, 7) is 5.07. The Kier molecular flexibility index (Phi) is 20.6. The summed E-state index contributed by atoms with van der Waals surface area (Å²) in [5, 5.41) is 21.7. The quantitative estimate of drug-likeness (QED) is 0.0756. The van der Waals surface area contributed by atoms with Gasteiger partial charge in [0.25, 0.3) is 11.4 Å². The fourth-order valence-electron chi connectivity index (χ4n) is 3.33. The summed E-state index contributed by atoms with van der Waals surface area (Å²) in [6, 6.07) is 20.2. The third-order valence-corrected chi connectivity index (χ3v) is 6.90. The van der Waals surface area contributed by atoms with Gasteiger partial charge in [0.2, 0.25) is 0 Å². The molecule has 0 saturated heterocycles. The second-order valence-corrected chi connectivity index (χ2v) is 11.1. The van der Waals surface area contributed by atoms with Crippen LogP contribution in [0, 0.1) is 56.3 Å². The molecule has 0 saturated carbocycles. The number of hydrogen-bond acceptors (Lipinski definition) is 8. The number of pyridine rings is 3. The van der Waals surface area contributed by atoms with Gasteiger partial charge in [-0.3, -0.25) is 40.0 Å². The van der Waals surface area contributed by atoms with E-state index >= 15 is 0 Å². The molecule has 0 spiro atoms. The van der Waals surface area contributed by atoms with Crippen molar-refractivity contribution in [3.63, 3.8) is 0 Å². The van der Waals surface area contributed by atoms with Crippen LogP contribution in [-0.2, 0) is 4.79 Å². The van der Waals surface area contributed by atoms with Crippen LogP contribution in [0.3, 0.4) is 0 Å². The average Bonchev–Trinajstić information content (AvgIpc) is 3.16. The van der Waals surface area contributed by atoms with E-state index in [9.17, 15) is 25.0 Å². The lowest BCUT2D eigenvalue weighted by Gasteiger charge is -1.97. The number of carbonyl (C=O) groups excluding carboxylic acids is 1. The number of aromatic nitrogens is 3. The zero-order valence-corrected chi connectivity index (χ0v) is 30.1. The van der Waals surface area contributed by atoms with Gasteiger partial charge < -0.3 is 0 Å². The van der Waals surface area contributed by atoms with Crippen LogP contribution >= 0.6 is 31.9 Å². The number of hydrogen-bond donors (Lipinski definition) is 0. The van der Waals surface area contributed by atoms with Crippen molar-refractivity contribution < 1.29 is 14.6 Å². The van der Waals surface area contributed by atoms with E-state index in [1.54, 1.807) is 111 Å². The first kappa shape index (κ1) is 43.5. The lowest BCUT2D eigenvalue weighted by molar-refractivity contribution is -0.385. The molecule has 0 N–H and O–H groups in total. The topological polar surface area (TPSA) is 142 Å². The molecule has 0 aliphatic heterocycles. The van der Waals surface area contributed by atoms with Crippen LogP contribution in [0.25, 0.3) is 0 Å². The fraction of sp³-hybridized carbons (Fsp3) is 0.0500. The molecule has 12 heteroatoms. The summed E-state index contributed by atoms with van der Waals surface area (Å²) in [4.78, 5) is 42.6. The predicted octanol–water partition coefficient (Wildman–Crippen LogP) is 9.32. The monoisotopic (exact) mass is 819 g/mol. The SMILES string of the molecule is C.C#Cc1ccncc1.C=CC(=O)C=CC.O=[N+]([O-])c1cc(Br)ccc1Br.O=[N+]([O-])c1cc(C#Cc2ccncc2)ccc1C#Cc1ccncc1. The Morgan fingerprint density at radius 2 is 1.19 bits per heavy atom. The first-order chi connectivity index (χ1) is 24.6. The van der Waals surface area contributed by atoms with Gasteiger partial charge in [-0.2, -0.15) is 0 Å². The zero-order chi connectivity index (χ0) is 37.4. The Balaban J connectivity index is 0.000000412. The van der Waals surface area contributed by atoms with E-state index in [0.29, 0.717) is 20.1 Å². The third-order valence-electron chi connectivity index (χ3n) is 5.73. The highest BCUT2D eigenvalue weighted by Crippen LogP contribution is 2.27. The molecule has 3 heterocycles. The van der Waals surface area contributed by atoms with Gasteiger partial charge in [0.1, 0.15) is 5.56 Å². The van der Waals surface area contributed by atoms with Crippen molar-refractivity contribution in [2.24, 2.45) is 0 Å². The van der Waals surface area contributed by atoms with E-state index in [1.165, 1.54) is 24.3 Å². The third kappa shape index (κ3) is 16.7. The number of terminal acetylenes is 1. The molecule has 0 atom stereocenters. The summed E-state index contributed by atoms with van der Waals surface area (Å²) >= 11 is 6.21. The zero-order valence-electron chi connectivity index (χ0n) is 26.9. The molecule has 0 aliphatic rings. The second kappa shape index (κ2) is 24.6. The molecule has 52 heavy (non-hydrogen) atoms. The summed E-state index contributed by atoms with van der Waals surface area (Å²) in [5.41, 5.74) is 3.31. The van der Waals surface area contributed by atoms with Crippen LogP contribution < -0.4 is 0 Å². The average molecular weight is 822 g/mol. The number of rotatable bonds is 4. The molecule has 0 unspecified atom stereocenters. The molecule has 10 nitrogen and oxygen atoms in total. The van der Waals surface area contributed by atoms with Crippen LogP contribution in [0.1, 0.15) is 42.2 Å². The largest absolute Gasteiger partial charge is 0.290 e. The number of nitrogens with zero attached hydrogens (tertiary/aromatic N) is 5. The molecule has 0 fully saturated rings. The number of halogens is 2. The van der Waals surface area contributed by atoms with Gasteiger partial charge in [0.15, 0.2) is 5.78 Å². The highest BCUT2D eigenvalue weighted by atomic mass is 79.9. The Labute approximate surface area is 319 Å². The van der Waals surface area contributed by atoms with E-state index in [4.69, 9.17) is 6.42 Å². The Morgan fingerprint density at radius 1 is 0.712 bits per heavy atom. The van der Waals surface area contributed by atoms with Gasteiger partial charge in [-0.25, -0.2) is 0 Å². The number of ketones is 1. The van der Waals surface area contributed by atoms with E-state index in [1.807, 2.05) is 0 Å². The highest BCUT2D eigenvalue weighted by molar-refractivity contribution is 9.11. The minimum absolute atomic E-state index is 0. The van der Waals surface area contributed by atoms with E-state index in [0.717, 1.165) is 16.7 Å². The Bertz CT molecular complexity index is 2150. The number of nitro benzene ring substituents is 2. The Morgan fingerprint density at radius 3 is 1.60 bits per heavy atom. The van der Waals surface area contributed by atoms with Crippen molar-refractivity contribution in [2.45, 2.75) is 14.4 Å². The maximum Gasteiger partial charge on any atom is 0.286 e. The molecule has 260 valence electrons. The second-order valence-electron chi connectivity index (χ2n) is 9.30. The van der Waals surface area contributed by atoms with Crippen LogP contribution in [0.2, 0.25) is 0 Å². The lowest BCUT2D eigenvalue weighted by atomic mass is 10.1. The smallest absolute Gasteiger partial charge is 0.286 e. The number of nitro groups is 2. The normalized spacial score (nSPS) is 8.96. The van der Waals surface area contributed by atoms with Crippen molar-refractivity contribution in [3.05, 3.63) is 192 Å². The molecule has 0 aliphatic carbocycles. The van der Waals surface area contributed by atoms with Gasteiger partial charge in [-0.1, -0.05) is 65.6 Å². The minimum atomic E-state index is -0.450. The van der Waals surface area contributed by atoms with Crippen molar-refractivity contribution in [3.8, 4) is 36.0 Å². The summed E-state index contributed by atoms with van der Waals surface area (Å²) in [6.07, 6.45) is 19.4. The molecular formula is C40H31Br2N5O5. The van der Waals surface area contributed by atoms with Crippen LogP contribution in [0.15, 0.2) is 144 Å². The van der Waals surface area contributed by atoms with Crippen molar-refractivity contribution in [1.29, 1.82) is 0 Å². The lowest BCUT2D eigenvalue weighted by Crippen LogP contribution is -1.93. The maximum atomic E-state index is 11.3. The summed E-state index contributed by atoms with van der Waals surface area (Å²) in [7, 11) is 0. The molecule has 3 aromatic heterocycles. The fourth-order valence-corrected chi connectivity index (χ4v) is 4.07. The predicted molar refractivity (Wildman–Crippen MR) is 211 cm³/mol. The van der Waals surface area contributed by atoms with Gasteiger partial charge in [-0.05, 0) is 95.7 Å². The van der Waals surface area contributed by atoms with Crippen molar-refractivity contribution >= 4 is 49.0 Å². The number of benzene rings is 2. The molecule has 5 aromatic rings. The first-order valence-electron chi connectivity index (χ1n) is 14.5. The van der Waals surface area contributed by atoms with Crippen LogP contribution in [0.4, 0.5) is 11.4 Å².